The third-order valence-electron chi connectivity index (χ3n) is 5.58. The van der Waals surface area contributed by atoms with Crippen LogP contribution in [0.2, 0.25) is 0 Å². The van der Waals surface area contributed by atoms with Crippen molar-refractivity contribution in [1.82, 2.24) is 10.2 Å². The van der Waals surface area contributed by atoms with Gasteiger partial charge in [-0.15, -0.1) is 0 Å². The summed E-state index contributed by atoms with van der Waals surface area (Å²) < 4.78 is 5.35. The fourth-order valence-corrected chi connectivity index (χ4v) is 3.98. The molecule has 21 heavy (non-hydrogen) atoms. The van der Waals surface area contributed by atoms with E-state index in [1.165, 1.54) is 51.5 Å². The van der Waals surface area contributed by atoms with E-state index >= 15 is 0 Å². The molecule has 2 atom stereocenters. The summed E-state index contributed by atoms with van der Waals surface area (Å²) in [7, 11) is 1.82. The molecule has 2 aliphatic rings. The van der Waals surface area contributed by atoms with E-state index in [0.717, 1.165) is 37.6 Å². The Morgan fingerprint density at radius 3 is 2.38 bits per heavy atom. The molecule has 2 fully saturated rings. The normalized spacial score (nSPS) is 23.4. The van der Waals surface area contributed by atoms with Crippen molar-refractivity contribution in [2.45, 2.75) is 70.9 Å². The van der Waals surface area contributed by atoms with Crippen molar-refractivity contribution < 1.29 is 4.74 Å². The number of methoxy groups -OCH3 is 1. The molecule has 0 saturated heterocycles. The zero-order valence-electron chi connectivity index (χ0n) is 14.4. The lowest BCUT2D eigenvalue weighted by Crippen LogP contribution is -2.50. The van der Waals surface area contributed by atoms with Gasteiger partial charge in [0.1, 0.15) is 0 Å². The number of nitrogens with zero attached hydrogens (tertiary/aromatic N) is 1. The molecule has 0 aliphatic heterocycles. The minimum absolute atomic E-state index is 0.674. The highest BCUT2D eigenvalue weighted by atomic mass is 16.5. The minimum Gasteiger partial charge on any atom is -0.383 e. The van der Waals surface area contributed by atoms with Gasteiger partial charge in [0.05, 0.1) is 6.61 Å². The molecule has 2 saturated carbocycles. The first-order valence-electron chi connectivity index (χ1n) is 9.22. The molecule has 1 N–H and O–H groups in total. The predicted octanol–water partition coefficient (Wildman–Crippen LogP) is 3.29. The average molecular weight is 296 g/mol. The van der Waals surface area contributed by atoms with E-state index in [2.05, 4.69) is 24.1 Å². The first-order chi connectivity index (χ1) is 10.3. The van der Waals surface area contributed by atoms with Gasteiger partial charge in [-0.1, -0.05) is 26.2 Å². The van der Waals surface area contributed by atoms with Crippen molar-refractivity contribution in [1.29, 1.82) is 0 Å². The lowest BCUT2D eigenvalue weighted by Gasteiger charge is -2.37. The van der Waals surface area contributed by atoms with Gasteiger partial charge in [0, 0.05) is 32.3 Å². The standard InChI is InChI=1S/C18H36N2O/c1-4-19-18(17-8-6-5-7-9-17)14-20(12-13-21-3)15(2)16-10-11-16/h15-19H,4-14H2,1-3H3. The maximum absolute atomic E-state index is 5.35. The quantitative estimate of drug-likeness (QED) is 0.669. The number of likely N-dealkylation sites (N-methyl/N-ethyl adjacent to an activating group) is 1. The molecule has 3 nitrogen and oxygen atoms in total. The Bertz CT molecular complexity index is 274. The van der Waals surface area contributed by atoms with Gasteiger partial charge in [-0.05, 0) is 51.0 Å². The lowest BCUT2D eigenvalue weighted by molar-refractivity contribution is 0.0951. The first kappa shape index (κ1) is 17.2. The zero-order valence-corrected chi connectivity index (χ0v) is 14.4. The van der Waals surface area contributed by atoms with Crippen LogP contribution in [0.1, 0.15) is 58.8 Å². The van der Waals surface area contributed by atoms with Crippen molar-refractivity contribution in [3.8, 4) is 0 Å². The Morgan fingerprint density at radius 2 is 1.81 bits per heavy atom. The summed E-state index contributed by atoms with van der Waals surface area (Å²) >= 11 is 0. The number of hydrogen-bond acceptors (Lipinski definition) is 3. The van der Waals surface area contributed by atoms with E-state index in [0.29, 0.717) is 6.04 Å². The molecule has 124 valence electrons. The molecule has 0 spiro atoms. The highest BCUT2D eigenvalue weighted by Gasteiger charge is 2.34. The van der Waals surface area contributed by atoms with Gasteiger partial charge in [0.25, 0.3) is 0 Å². The van der Waals surface area contributed by atoms with E-state index in [1.54, 1.807) is 0 Å². The number of rotatable bonds is 10. The summed E-state index contributed by atoms with van der Waals surface area (Å²) in [4.78, 5) is 2.70. The van der Waals surface area contributed by atoms with E-state index in [1.807, 2.05) is 7.11 Å². The Morgan fingerprint density at radius 1 is 1.10 bits per heavy atom. The van der Waals surface area contributed by atoms with Crippen molar-refractivity contribution in [3.63, 3.8) is 0 Å². The third-order valence-corrected chi connectivity index (χ3v) is 5.58. The third kappa shape index (κ3) is 5.54. The monoisotopic (exact) mass is 296 g/mol. The SMILES string of the molecule is CCNC(CN(CCOC)C(C)C1CC1)C1CCCCC1. The van der Waals surface area contributed by atoms with Gasteiger partial charge in [-0.3, -0.25) is 4.90 Å². The molecule has 0 aromatic heterocycles. The topological polar surface area (TPSA) is 24.5 Å². The van der Waals surface area contributed by atoms with Gasteiger partial charge in [0.15, 0.2) is 0 Å². The van der Waals surface area contributed by atoms with E-state index in [-0.39, 0.29) is 0 Å². The Hall–Kier alpha value is -0.120. The largest absolute Gasteiger partial charge is 0.383 e. The van der Waals surface area contributed by atoms with Crippen LogP contribution in [-0.2, 0) is 4.74 Å². The molecular weight excluding hydrogens is 260 g/mol. The Kier molecular flexibility index (Phi) is 7.48. The first-order valence-corrected chi connectivity index (χ1v) is 9.22. The van der Waals surface area contributed by atoms with Crippen LogP contribution in [0.25, 0.3) is 0 Å². The summed E-state index contributed by atoms with van der Waals surface area (Å²) in [5.41, 5.74) is 0. The Labute approximate surface area is 131 Å². The lowest BCUT2D eigenvalue weighted by atomic mass is 9.83. The molecule has 3 heteroatoms. The zero-order chi connectivity index (χ0) is 15.1. The predicted molar refractivity (Wildman–Crippen MR) is 89.7 cm³/mol. The van der Waals surface area contributed by atoms with Gasteiger partial charge >= 0.3 is 0 Å². The molecule has 2 unspecified atom stereocenters. The second kappa shape index (κ2) is 9.12. The van der Waals surface area contributed by atoms with Gasteiger partial charge in [0.2, 0.25) is 0 Å². The summed E-state index contributed by atoms with van der Waals surface area (Å²) in [5.74, 6) is 1.82. The second-order valence-electron chi connectivity index (χ2n) is 7.13. The highest BCUT2D eigenvalue weighted by molar-refractivity contribution is 4.89. The van der Waals surface area contributed by atoms with Gasteiger partial charge in [-0.2, -0.15) is 0 Å². The molecule has 0 amide bonds. The van der Waals surface area contributed by atoms with Crippen molar-refractivity contribution >= 4 is 0 Å². The molecular formula is C18H36N2O. The highest BCUT2D eigenvalue weighted by Crippen LogP contribution is 2.35. The summed E-state index contributed by atoms with van der Waals surface area (Å²) in [6.07, 6.45) is 10.0. The van der Waals surface area contributed by atoms with Crippen molar-refractivity contribution in [2.24, 2.45) is 11.8 Å². The molecule has 0 aromatic rings. The van der Waals surface area contributed by atoms with Crippen LogP contribution in [-0.4, -0.2) is 50.3 Å². The molecule has 0 radical (unpaired) electrons. The fourth-order valence-electron chi connectivity index (χ4n) is 3.98. The van der Waals surface area contributed by atoms with Crippen molar-refractivity contribution in [2.75, 3.05) is 33.4 Å². The molecule has 2 aliphatic carbocycles. The summed E-state index contributed by atoms with van der Waals surface area (Å²) in [6, 6.07) is 1.40. The van der Waals surface area contributed by atoms with Crippen LogP contribution < -0.4 is 5.32 Å². The average Bonchev–Trinajstić information content (AvgIpc) is 3.35. The van der Waals surface area contributed by atoms with Crippen LogP contribution in [0, 0.1) is 11.8 Å². The van der Waals surface area contributed by atoms with E-state index in [4.69, 9.17) is 4.74 Å². The minimum atomic E-state index is 0.674. The Balaban J connectivity index is 1.91. The number of nitrogens with one attached hydrogen (secondary N) is 1. The van der Waals surface area contributed by atoms with Crippen molar-refractivity contribution in [3.05, 3.63) is 0 Å². The number of hydrogen-bond donors (Lipinski definition) is 1. The second-order valence-corrected chi connectivity index (χ2v) is 7.13. The van der Waals surface area contributed by atoms with Crippen LogP contribution >= 0.6 is 0 Å². The maximum Gasteiger partial charge on any atom is 0.0589 e. The van der Waals surface area contributed by atoms with E-state index in [9.17, 15) is 0 Å². The van der Waals surface area contributed by atoms with Crippen LogP contribution in [0.15, 0.2) is 0 Å². The molecule has 0 aromatic carbocycles. The van der Waals surface area contributed by atoms with Crippen LogP contribution in [0.5, 0.6) is 0 Å². The van der Waals surface area contributed by atoms with Gasteiger partial charge in [-0.25, -0.2) is 0 Å². The molecule has 0 heterocycles. The summed E-state index contributed by atoms with van der Waals surface area (Å²) in [5, 5.41) is 3.79. The maximum atomic E-state index is 5.35. The van der Waals surface area contributed by atoms with Gasteiger partial charge < -0.3 is 10.1 Å². The number of ether oxygens (including phenoxy) is 1. The molecule has 2 rings (SSSR count). The van der Waals surface area contributed by atoms with Crippen LogP contribution in [0.4, 0.5) is 0 Å². The van der Waals surface area contributed by atoms with Crippen LogP contribution in [0.3, 0.4) is 0 Å². The fraction of sp³-hybridized carbons (Fsp3) is 1.00. The summed E-state index contributed by atoms with van der Waals surface area (Å²) in [6.45, 7) is 8.93. The smallest absolute Gasteiger partial charge is 0.0589 e. The van der Waals surface area contributed by atoms with E-state index < -0.39 is 0 Å². The molecule has 0 bridgehead atoms.